The summed E-state index contributed by atoms with van der Waals surface area (Å²) in [6, 6.07) is 3.50. The largest absolute Gasteiger partial charge is 0.339 e. The predicted octanol–water partition coefficient (Wildman–Crippen LogP) is 2.44. The normalized spacial score (nSPS) is 18.4. The van der Waals surface area contributed by atoms with Gasteiger partial charge in [0, 0.05) is 37.5 Å². The van der Waals surface area contributed by atoms with Gasteiger partial charge in [0.2, 0.25) is 5.89 Å². The van der Waals surface area contributed by atoms with E-state index in [1.165, 1.54) is 0 Å². The van der Waals surface area contributed by atoms with Gasteiger partial charge in [-0.25, -0.2) is 0 Å². The highest BCUT2D eigenvalue weighted by molar-refractivity contribution is 5.94. The molecule has 6 heteroatoms. The zero-order valence-corrected chi connectivity index (χ0v) is 12.7. The van der Waals surface area contributed by atoms with Gasteiger partial charge in [0.25, 0.3) is 5.91 Å². The van der Waals surface area contributed by atoms with Crippen LogP contribution in [-0.2, 0) is 6.42 Å². The fourth-order valence-corrected chi connectivity index (χ4v) is 2.80. The number of amides is 1. The average Bonchev–Trinajstić information content (AvgIpc) is 3.04. The van der Waals surface area contributed by atoms with E-state index in [9.17, 15) is 4.79 Å². The van der Waals surface area contributed by atoms with Gasteiger partial charge in [0.1, 0.15) is 0 Å². The average molecular weight is 300 g/mol. The van der Waals surface area contributed by atoms with Crippen molar-refractivity contribution in [2.45, 2.75) is 38.5 Å². The number of carbonyl (C=O) groups excluding carboxylic acids is 1. The van der Waals surface area contributed by atoms with Crippen LogP contribution in [0.4, 0.5) is 0 Å². The van der Waals surface area contributed by atoms with E-state index in [1.54, 1.807) is 24.5 Å². The van der Waals surface area contributed by atoms with Crippen molar-refractivity contribution in [3.8, 4) is 0 Å². The lowest BCUT2D eigenvalue weighted by molar-refractivity contribution is 0.0695. The summed E-state index contributed by atoms with van der Waals surface area (Å²) in [7, 11) is 0. The molecule has 116 valence electrons. The van der Waals surface area contributed by atoms with Crippen LogP contribution in [0.1, 0.15) is 54.2 Å². The monoisotopic (exact) mass is 300 g/mol. The van der Waals surface area contributed by atoms with Gasteiger partial charge in [0.05, 0.1) is 5.92 Å². The van der Waals surface area contributed by atoms with Gasteiger partial charge in [-0.1, -0.05) is 12.1 Å². The van der Waals surface area contributed by atoms with E-state index in [-0.39, 0.29) is 11.8 Å². The minimum absolute atomic E-state index is 0.0420. The van der Waals surface area contributed by atoms with Crippen molar-refractivity contribution in [1.82, 2.24) is 20.0 Å². The topological polar surface area (TPSA) is 72.1 Å². The molecule has 3 heterocycles. The van der Waals surface area contributed by atoms with Gasteiger partial charge >= 0.3 is 0 Å². The molecule has 1 atom stereocenters. The van der Waals surface area contributed by atoms with Crippen LogP contribution in [0.3, 0.4) is 0 Å². The SMILES string of the molecule is CCCc1noc([C@@H]2CCCN(C(=O)c3ccncc3)C2)n1. The highest BCUT2D eigenvalue weighted by Gasteiger charge is 2.28. The van der Waals surface area contributed by atoms with Crippen molar-refractivity contribution in [3.63, 3.8) is 0 Å². The van der Waals surface area contributed by atoms with Crippen LogP contribution in [0.15, 0.2) is 29.0 Å². The quantitative estimate of drug-likeness (QED) is 0.867. The smallest absolute Gasteiger partial charge is 0.253 e. The second-order valence-corrected chi connectivity index (χ2v) is 5.63. The van der Waals surface area contributed by atoms with Crippen LogP contribution in [0.5, 0.6) is 0 Å². The Kier molecular flexibility index (Phi) is 4.46. The third-order valence-electron chi connectivity index (χ3n) is 3.94. The fraction of sp³-hybridized carbons (Fsp3) is 0.500. The first-order valence-electron chi connectivity index (χ1n) is 7.79. The number of hydrogen-bond donors (Lipinski definition) is 0. The third kappa shape index (κ3) is 3.16. The molecule has 0 saturated carbocycles. The second-order valence-electron chi connectivity index (χ2n) is 5.63. The minimum Gasteiger partial charge on any atom is -0.339 e. The zero-order chi connectivity index (χ0) is 15.4. The molecule has 1 aliphatic rings. The Bertz CT molecular complexity index is 626. The van der Waals surface area contributed by atoms with Gasteiger partial charge in [-0.05, 0) is 31.4 Å². The summed E-state index contributed by atoms with van der Waals surface area (Å²) in [4.78, 5) is 22.8. The standard InChI is InChI=1S/C16H20N4O2/c1-2-4-14-18-15(22-19-14)13-5-3-10-20(11-13)16(21)12-6-8-17-9-7-12/h6-9,13H,2-5,10-11H2,1H3/t13-/m1/s1. The fourth-order valence-electron chi connectivity index (χ4n) is 2.80. The molecule has 0 radical (unpaired) electrons. The van der Waals surface area contributed by atoms with E-state index < -0.39 is 0 Å². The maximum absolute atomic E-state index is 12.5. The number of piperidine rings is 1. The van der Waals surface area contributed by atoms with Crippen molar-refractivity contribution in [2.24, 2.45) is 0 Å². The summed E-state index contributed by atoms with van der Waals surface area (Å²) >= 11 is 0. The highest BCUT2D eigenvalue weighted by Crippen LogP contribution is 2.26. The Morgan fingerprint density at radius 3 is 3.00 bits per heavy atom. The minimum atomic E-state index is 0.0420. The number of aryl methyl sites for hydroxylation is 1. The number of hydrogen-bond acceptors (Lipinski definition) is 5. The Morgan fingerprint density at radius 1 is 1.41 bits per heavy atom. The summed E-state index contributed by atoms with van der Waals surface area (Å²) in [6.45, 7) is 3.49. The van der Waals surface area contributed by atoms with E-state index in [0.29, 0.717) is 18.0 Å². The molecule has 3 rings (SSSR count). The molecular formula is C16H20N4O2. The van der Waals surface area contributed by atoms with Crippen molar-refractivity contribution >= 4 is 5.91 Å². The van der Waals surface area contributed by atoms with Crippen LogP contribution in [0.2, 0.25) is 0 Å². The Morgan fingerprint density at radius 2 is 2.23 bits per heavy atom. The molecule has 0 spiro atoms. The molecule has 1 fully saturated rings. The van der Waals surface area contributed by atoms with E-state index >= 15 is 0 Å². The van der Waals surface area contributed by atoms with Gasteiger partial charge in [-0.2, -0.15) is 4.98 Å². The van der Waals surface area contributed by atoms with Gasteiger partial charge < -0.3 is 9.42 Å². The third-order valence-corrected chi connectivity index (χ3v) is 3.94. The molecule has 2 aromatic heterocycles. The molecule has 0 bridgehead atoms. The summed E-state index contributed by atoms with van der Waals surface area (Å²) in [6.07, 6.45) is 7.04. The molecule has 6 nitrogen and oxygen atoms in total. The van der Waals surface area contributed by atoms with Crippen LogP contribution in [-0.4, -0.2) is 39.0 Å². The summed E-state index contributed by atoms with van der Waals surface area (Å²) in [5, 5.41) is 4.01. The lowest BCUT2D eigenvalue weighted by Crippen LogP contribution is -2.39. The van der Waals surface area contributed by atoms with Crippen LogP contribution in [0, 0.1) is 0 Å². The van der Waals surface area contributed by atoms with E-state index in [4.69, 9.17) is 4.52 Å². The summed E-state index contributed by atoms with van der Waals surface area (Å²) < 4.78 is 5.38. The van der Waals surface area contributed by atoms with Crippen molar-refractivity contribution < 1.29 is 9.32 Å². The zero-order valence-electron chi connectivity index (χ0n) is 12.7. The second kappa shape index (κ2) is 6.68. The Labute approximate surface area is 129 Å². The molecule has 0 aliphatic carbocycles. The highest BCUT2D eigenvalue weighted by atomic mass is 16.5. The Hall–Kier alpha value is -2.24. The van der Waals surface area contributed by atoms with Crippen LogP contribution < -0.4 is 0 Å². The molecule has 0 aromatic carbocycles. The van der Waals surface area contributed by atoms with Crippen molar-refractivity contribution in [3.05, 3.63) is 41.8 Å². The molecule has 22 heavy (non-hydrogen) atoms. The number of likely N-dealkylation sites (tertiary alicyclic amines) is 1. The molecule has 0 unspecified atom stereocenters. The lowest BCUT2D eigenvalue weighted by atomic mass is 9.97. The molecule has 1 amide bonds. The molecule has 2 aromatic rings. The summed E-state index contributed by atoms with van der Waals surface area (Å²) in [5.41, 5.74) is 0.674. The first kappa shape index (κ1) is 14.7. The van der Waals surface area contributed by atoms with E-state index in [1.807, 2.05) is 4.90 Å². The first-order chi connectivity index (χ1) is 10.8. The van der Waals surface area contributed by atoms with Crippen LogP contribution >= 0.6 is 0 Å². The van der Waals surface area contributed by atoms with Gasteiger partial charge in [0.15, 0.2) is 5.82 Å². The predicted molar refractivity (Wildman–Crippen MR) is 80.4 cm³/mol. The number of aromatic nitrogens is 3. The number of rotatable bonds is 4. The van der Waals surface area contributed by atoms with E-state index in [2.05, 4.69) is 22.0 Å². The number of nitrogens with zero attached hydrogens (tertiary/aromatic N) is 4. The van der Waals surface area contributed by atoms with Crippen molar-refractivity contribution in [2.75, 3.05) is 13.1 Å². The van der Waals surface area contributed by atoms with Gasteiger partial charge in [-0.3, -0.25) is 9.78 Å². The molecular weight excluding hydrogens is 280 g/mol. The molecule has 1 saturated heterocycles. The maximum atomic E-state index is 12.5. The van der Waals surface area contributed by atoms with E-state index in [0.717, 1.165) is 38.1 Å². The first-order valence-corrected chi connectivity index (χ1v) is 7.79. The molecule has 1 aliphatic heterocycles. The Balaban J connectivity index is 1.69. The van der Waals surface area contributed by atoms with Crippen LogP contribution in [0.25, 0.3) is 0 Å². The molecule has 0 N–H and O–H groups in total. The number of carbonyl (C=O) groups is 1. The number of pyridine rings is 1. The van der Waals surface area contributed by atoms with Gasteiger partial charge in [-0.15, -0.1) is 0 Å². The van der Waals surface area contributed by atoms with Crippen molar-refractivity contribution in [1.29, 1.82) is 0 Å². The maximum Gasteiger partial charge on any atom is 0.253 e. The summed E-state index contributed by atoms with van der Waals surface area (Å²) in [5.74, 6) is 1.60. The lowest BCUT2D eigenvalue weighted by Gasteiger charge is -2.31.